The molecule has 2 aromatic rings. The summed E-state index contributed by atoms with van der Waals surface area (Å²) < 4.78 is 1.40. The highest BCUT2D eigenvalue weighted by Gasteiger charge is 2.09. The summed E-state index contributed by atoms with van der Waals surface area (Å²) in [7, 11) is 0. The molecule has 6 nitrogen and oxygen atoms in total. The fraction of sp³-hybridized carbons (Fsp3) is 0.333. The molecule has 80 valence electrons. The van der Waals surface area contributed by atoms with E-state index in [0.29, 0.717) is 17.9 Å². The van der Waals surface area contributed by atoms with Crippen LogP contribution in [0.5, 0.6) is 0 Å². The second-order valence-corrected chi connectivity index (χ2v) is 3.28. The minimum absolute atomic E-state index is 0.0307. The van der Waals surface area contributed by atoms with Crippen LogP contribution in [0.15, 0.2) is 23.1 Å². The molecular formula is C9H12N4O2. The molecule has 4 N–H and O–H groups in total. The minimum Gasteiger partial charge on any atom is -0.396 e. The van der Waals surface area contributed by atoms with Crippen LogP contribution in [0, 0.1) is 0 Å². The van der Waals surface area contributed by atoms with Crippen LogP contribution < -0.4 is 11.4 Å². The van der Waals surface area contributed by atoms with Crippen LogP contribution in [0.1, 0.15) is 18.3 Å². The average Bonchev–Trinajstić information content (AvgIpc) is 2.66. The molecule has 0 unspecified atom stereocenters. The van der Waals surface area contributed by atoms with E-state index in [4.69, 9.17) is 10.8 Å². The third-order valence-electron chi connectivity index (χ3n) is 2.21. The number of hydrogen-bond donors (Lipinski definition) is 3. The van der Waals surface area contributed by atoms with Gasteiger partial charge in [0, 0.05) is 12.8 Å². The van der Waals surface area contributed by atoms with Gasteiger partial charge in [-0.1, -0.05) is 0 Å². The van der Waals surface area contributed by atoms with Gasteiger partial charge in [0.2, 0.25) is 0 Å². The molecule has 2 heterocycles. The summed E-state index contributed by atoms with van der Waals surface area (Å²) in [6.45, 7) is -0.0307. The van der Waals surface area contributed by atoms with Gasteiger partial charge >= 0.3 is 5.69 Å². The van der Waals surface area contributed by atoms with Gasteiger partial charge in [-0.15, -0.1) is 0 Å². The number of aromatic amines is 1. The van der Waals surface area contributed by atoms with E-state index in [1.54, 1.807) is 18.3 Å². The quantitative estimate of drug-likeness (QED) is 0.627. The molecule has 0 saturated heterocycles. The van der Waals surface area contributed by atoms with Gasteiger partial charge in [-0.2, -0.15) is 0 Å². The van der Waals surface area contributed by atoms with Gasteiger partial charge in [0.1, 0.15) is 11.5 Å². The second kappa shape index (κ2) is 3.84. The number of hydrogen-bond acceptors (Lipinski definition) is 4. The Balaban J connectivity index is 2.49. The average molecular weight is 208 g/mol. The fourth-order valence-corrected chi connectivity index (χ4v) is 1.41. The van der Waals surface area contributed by atoms with Gasteiger partial charge in [0.15, 0.2) is 0 Å². The highest BCUT2D eigenvalue weighted by Crippen LogP contribution is 2.07. The van der Waals surface area contributed by atoms with E-state index in [0.717, 1.165) is 0 Å². The highest BCUT2D eigenvalue weighted by molar-refractivity contribution is 5.37. The summed E-state index contributed by atoms with van der Waals surface area (Å²) in [6.07, 6.45) is 2.00. The lowest BCUT2D eigenvalue weighted by molar-refractivity contribution is 0.274. The lowest BCUT2D eigenvalue weighted by Crippen LogP contribution is -2.24. The Morgan fingerprint density at radius 1 is 1.67 bits per heavy atom. The Labute approximate surface area is 85.4 Å². The minimum atomic E-state index is -0.442. The van der Waals surface area contributed by atoms with E-state index in [1.807, 2.05) is 0 Å². The molecular weight excluding hydrogens is 196 g/mol. The van der Waals surface area contributed by atoms with Gasteiger partial charge in [-0.25, -0.2) is 9.78 Å². The predicted molar refractivity (Wildman–Crippen MR) is 54.4 cm³/mol. The van der Waals surface area contributed by atoms with Crippen LogP contribution >= 0.6 is 0 Å². The number of nitrogens with zero attached hydrogens (tertiary/aromatic N) is 2. The first-order chi connectivity index (χ1) is 7.22. The molecule has 0 aliphatic rings. The van der Waals surface area contributed by atoms with Crippen molar-refractivity contribution in [2.24, 2.45) is 5.73 Å². The lowest BCUT2D eigenvalue weighted by Gasteiger charge is -2.08. The van der Waals surface area contributed by atoms with Gasteiger partial charge in [-0.05, 0) is 18.6 Å². The van der Waals surface area contributed by atoms with Gasteiger partial charge in [-0.3, -0.25) is 9.38 Å². The Hall–Kier alpha value is -1.66. The van der Waals surface area contributed by atoms with Crippen molar-refractivity contribution in [1.29, 1.82) is 0 Å². The number of aliphatic hydroxyl groups is 1. The maximum absolute atomic E-state index is 11.5. The van der Waals surface area contributed by atoms with E-state index in [1.165, 1.54) is 4.40 Å². The van der Waals surface area contributed by atoms with Crippen molar-refractivity contribution < 1.29 is 5.11 Å². The Kier molecular flexibility index (Phi) is 2.53. The molecule has 15 heavy (non-hydrogen) atoms. The number of aromatic nitrogens is 3. The monoisotopic (exact) mass is 208 g/mol. The third-order valence-corrected chi connectivity index (χ3v) is 2.21. The summed E-state index contributed by atoms with van der Waals surface area (Å²) in [6, 6.07) is 3.02. The van der Waals surface area contributed by atoms with E-state index in [-0.39, 0.29) is 12.3 Å². The molecule has 0 aliphatic heterocycles. The van der Waals surface area contributed by atoms with Crippen molar-refractivity contribution in [3.63, 3.8) is 0 Å². The molecule has 0 aromatic carbocycles. The van der Waals surface area contributed by atoms with Crippen molar-refractivity contribution in [3.8, 4) is 0 Å². The number of aliphatic hydroxyl groups excluding tert-OH is 1. The summed E-state index contributed by atoms with van der Waals surface area (Å²) in [5.74, 6) is 0.403. The predicted octanol–water partition coefficient (Wildman–Crippen LogP) is -0.595. The first kappa shape index (κ1) is 9.88. The Morgan fingerprint density at radius 3 is 3.20 bits per heavy atom. The molecule has 0 radical (unpaired) electrons. The molecule has 0 aliphatic carbocycles. The van der Waals surface area contributed by atoms with E-state index in [9.17, 15) is 4.79 Å². The fourth-order valence-electron chi connectivity index (χ4n) is 1.41. The van der Waals surface area contributed by atoms with Crippen LogP contribution in [0.3, 0.4) is 0 Å². The first-order valence-electron chi connectivity index (χ1n) is 4.66. The molecule has 0 spiro atoms. The van der Waals surface area contributed by atoms with Crippen molar-refractivity contribution in [1.82, 2.24) is 14.4 Å². The van der Waals surface area contributed by atoms with Crippen LogP contribution in [-0.4, -0.2) is 26.1 Å². The maximum Gasteiger partial charge on any atom is 0.332 e. The Morgan fingerprint density at radius 2 is 2.47 bits per heavy atom. The summed E-state index contributed by atoms with van der Waals surface area (Å²) in [4.78, 5) is 18.3. The smallest absolute Gasteiger partial charge is 0.332 e. The number of nitrogens with one attached hydrogen (secondary N) is 1. The highest BCUT2D eigenvalue weighted by atomic mass is 16.3. The molecule has 1 atom stereocenters. The zero-order chi connectivity index (χ0) is 10.8. The normalized spacial score (nSPS) is 13.2. The standard InChI is InChI=1S/C9H12N4O2/c10-6(3-5-14)8-11-7-2-1-4-13(7)9(15)12-8/h1-2,4,6,14H,3,5,10H2,(H,11,12,15)/t6-/m0/s1. The van der Waals surface area contributed by atoms with Gasteiger partial charge in [0.25, 0.3) is 0 Å². The van der Waals surface area contributed by atoms with Crippen LogP contribution in [0.2, 0.25) is 0 Å². The first-order valence-corrected chi connectivity index (χ1v) is 4.66. The van der Waals surface area contributed by atoms with Gasteiger partial charge in [0.05, 0.1) is 6.04 Å². The van der Waals surface area contributed by atoms with Crippen LogP contribution in [-0.2, 0) is 0 Å². The van der Waals surface area contributed by atoms with Crippen molar-refractivity contribution >= 4 is 5.65 Å². The number of nitrogens with two attached hydrogens (primary N) is 1. The van der Waals surface area contributed by atoms with E-state index < -0.39 is 6.04 Å². The Bertz CT molecular complexity index is 516. The topological polar surface area (TPSA) is 96.4 Å². The summed E-state index contributed by atoms with van der Waals surface area (Å²) >= 11 is 0. The van der Waals surface area contributed by atoms with E-state index >= 15 is 0 Å². The largest absolute Gasteiger partial charge is 0.396 e. The van der Waals surface area contributed by atoms with Crippen molar-refractivity contribution in [3.05, 3.63) is 34.6 Å². The third kappa shape index (κ3) is 1.77. The molecule has 6 heteroatoms. The van der Waals surface area contributed by atoms with Crippen molar-refractivity contribution in [2.75, 3.05) is 6.61 Å². The molecule has 0 saturated carbocycles. The molecule has 0 bridgehead atoms. The summed E-state index contributed by atoms with van der Waals surface area (Å²) in [5.41, 5.74) is 6.02. The van der Waals surface area contributed by atoms with Crippen LogP contribution in [0.25, 0.3) is 5.65 Å². The number of H-pyrrole nitrogens is 1. The second-order valence-electron chi connectivity index (χ2n) is 3.28. The van der Waals surface area contributed by atoms with Crippen molar-refractivity contribution in [2.45, 2.75) is 12.5 Å². The molecule has 2 aromatic heterocycles. The summed E-state index contributed by atoms with van der Waals surface area (Å²) in [5, 5.41) is 8.74. The van der Waals surface area contributed by atoms with Crippen LogP contribution in [0.4, 0.5) is 0 Å². The molecule has 0 amide bonds. The lowest BCUT2D eigenvalue weighted by atomic mass is 10.2. The van der Waals surface area contributed by atoms with Gasteiger partial charge < -0.3 is 10.8 Å². The zero-order valence-electron chi connectivity index (χ0n) is 8.05. The SMILES string of the molecule is N[C@@H](CCO)c1nc2cccn2c(=O)[nH]1. The molecule has 0 fully saturated rings. The number of rotatable bonds is 3. The molecule has 2 rings (SSSR count). The zero-order valence-corrected chi connectivity index (χ0v) is 8.05. The number of fused-ring (bicyclic) bond motifs is 1. The maximum atomic E-state index is 11.5. The van der Waals surface area contributed by atoms with E-state index in [2.05, 4.69) is 9.97 Å².